The fourth-order valence-electron chi connectivity index (χ4n) is 5.20. The van der Waals surface area contributed by atoms with Gasteiger partial charge in [-0.15, -0.1) is 0 Å². The summed E-state index contributed by atoms with van der Waals surface area (Å²) >= 11 is 0. The second kappa shape index (κ2) is 9.82. The first kappa shape index (κ1) is 24.1. The number of benzene rings is 4. The Morgan fingerprint density at radius 2 is 1.16 bits per heavy atom. The summed E-state index contributed by atoms with van der Waals surface area (Å²) in [5, 5.41) is 16.4. The van der Waals surface area contributed by atoms with Gasteiger partial charge in [-0.3, -0.25) is 4.79 Å². The van der Waals surface area contributed by atoms with Crippen LogP contribution in [0.15, 0.2) is 84.9 Å². The summed E-state index contributed by atoms with van der Waals surface area (Å²) in [6.07, 6.45) is 0. The summed E-state index contributed by atoms with van der Waals surface area (Å²) in [5.74, 6) is -0.927. The predicted molar refractivity (Wildman–Crippen MR) is 151 cm³/mol. The second-order valence-electron chi connectivity index (χ2n) is 8.97. The Morgan fingerprint density at radius 3 is 1.68 bits per heavy atom. The van der Waals surface area contributed by atoms with Gasteiger partial charge in [0.1, 0.15) is 0 Å². The first-order chi connectivity index (χ1) is 17.9. The third-order valence-corrected chi connectivity index (χ3v) is 6.74. The van der Waals surface area contributed by atoms with E-state index in [2.05, 4.69) is 58.6 Å². The van der Waals surface area contributed by atoms with E-state index in [0.717, 1.165) is 40.6 Å². The van der Waals surface area contributed by atoms with Crippen molar-refractivity contribution in [2.75, 3.05) is 5.32 Å². The maximum atomic E-state index is 11.2. The Labute approximate surface area is 214 Å². The highest BCUT2D eigenvalue weighted by Crippen LogP contribution is 2.31. The van der Waals surface area contributed by atoms with Crippen LogP contribution in [0.3, 0.4) is 0 Å². The molecule has 0 aliphatic carbocycles. The van der Waals surface area contributed by atoms with Crippen LogP contribution in [0, 0.1) is 0 Å². The molecule has 0 fully saturated rings. The Hall–Kier alpha value is -4.58. The van der Waals surface area contributed by atoms with E-state index in [9.17, 15) is 9.59 Å². The van der Waals surface area contributed by atoms with E-state index < -0.39 is 5.97 Å². The van der Waals surface area contributed by atoms with Crippen LogP contribution in [0.2, 0.25) is 0 Å². The minimum absolute atomic E-state index is 0.0430. The molecule has 6 aromatic rings. The van der Waals surface area contributed by atoms with Crippen LogP contribution in [0.25, 0.3) is 43.6 Å². The fraction of sp³-hybridized carbons (Fsp3) is 0.161. The Balaban J connectivity index is 0.000000152. The number of amides is 1. The molecular weight excluding hydrogens is 462 g/mol. The van der Waals surface area contributed by atoms with Crippen molar-refractivity contribution in [3.05, 3.63) is 90.5 Å². The molecule has 6 heteroatoms. The number of hydrogen-bond acceptors (Lipinski definition) is 2. The number of aryl methyl sites for hydroxylation is 2. The minimum Gasteiger partial charge on any atom is -0.478 e. The SMILES string of the molecule is CCn1c2ccccc2c2cc(C(=O)O)ccc21.CCn1c2ccccc2c2cc(NC(C)=O)ccc21. The summed E-state index contributed by atoms with van der Waals surface area (Å²) in [6, 6.07) is 27.8. The average molecular weight is 492 g/mol. The third-order valence-electron chi connectivity index (χ3n) is 6.74. The van der Waals surface area contributed by atoms with Gasteiger partial charge in [-0.05, 0) is 62.4 Å². The fourth-order valence-corrected chi connectivity index (χ4v) is 5.20. The number of aromatic nitrogens is 2. The lowest BCUT2D eigenvalue weighted by Gasteiger charge is -2.04. The van der Waals surface area contributed by atoms with E-state index >= 15 is 0 Å². The van der Waals surface area contributed by atoms with E-state index in [4.69, 9.17) is 5.11 Å². The lowest BCUT2D eigenvalue weighted by atomic mass is 10.1. The maximum Gasteiger partial charge on any atom is 0.335 e. The molecule has 0 aliphatic rings. The van der Waals surface area contributed by atoms with Gasteiger partial charge in [0.15, 0.2) is 0 Å². The molecule has 0 radical (unpaired) electrons. The van der Waals surface area contributed by atoms with Crippen molar-refractivity contribution >= 4 is 61.2 Å². The number of aromatic carboxylic acids is 1. The van der Waals surface area contributed by atoms with E-state index in [1.807, 2.05) is 42.5 Å². The number of nitrogens with one attached hydrogen (secondary N) is 1. The monoisotopic (exact) mass is 491 g/mol. The molecule has 0 atom stereocenters. The van der Waals surface area contributed by atoms with Gasteiger partial charge in [-0.2, -0.15) is 0 Å². The van der Waals surface area contributed by atoms with Crippen LogP contribution in [0.4, 0.5) is 5.69 Å². The van der Waals surface area contributed by atoms with Crippen molar-refractivity contribution in [2.45, 2.75) is 33.9 Å². The number of carbonyl (C=O) groups is 2. The summed E-state index contributed by atoms with van der Waals surface area (Å²) in [6.45, 7) is 7.57. The van der Waals surface area contributed by atoms with Crippen molar-refractivity contribution in [3.63, 3.8) is 0 Å². The normalized spacial score (nSPS) is 11.1. The summed E-state index contributed by atoms with van der Waals surface area (Å²) in [5.41, 5.74) is 5.86. The zero-order valence-corrected chi connectivity index (χ0v) is 21.2. The van der Waals surface area contributed by atoms with Crippen molar-refractivity contribution in [1.82, 2.24) is 9.13 Å². The number of rotatable bonds is 4. The van der Waals surface area contributed by atoms with Gasteiger partial charge >= 0.3 is 5.97 Å². The van der Waals surface area contributed by atoms with E-state index in [1.54, 1.807) is 12.1 Å². The molecule has 37 heavy (non-hydrogen) atoms. The predicted octanol–water partition coefficient (Wildman–Crippen LogP) is 7.29. The zero-order chi connectivity index (χ0) is 26.1. The van der Waals surface area contributed by atoms with Crippen LogP contribution in [-0.2, 0) is 17.9 Å². The van der Waals surface area contributed by atoms with Crippen LogP contribution in [0.1, 0.15) is 31.1 Å². The smallest absolute Gasteiger partial charge is 0.335 e. The number of carboxylic acids is 1. The largest absolute Gasteiger partial charge is 0.478 e. The number of nitrogens with zero attached hydrogens (tertiary/aromatic N) is 2. The van der Waals surface area contributed by atoms with Crippen LogP contribution >= 0.6 is 0 Å². The molecule has 2 N–H and O–H groups in total. The highest BCUT2D eigenvalue weighted by Gasteiger charge is 2.12. The molecule has 1 amide bonds. The topological polar surface area (TPSA) is 76.3 Å². The number of para-hydroxylation sites is 2. The Bertz CT molecular complexity index is 1790. The first-order valence-electron chi connectivity index (χ1n) is 12.5. The zero-order valence-electron chi connectivity index (χ0n) is 21.2. The van der Waals surface area contributed by atoms with Gasteiger partial charge in [0.05, 0.1) is 5.56 Å². The van der Waals surface area contributed by atoms with Gasteiger partial charge < -0.3 is 19.6 Å². The number of carboxylic acid groups (broad SMARTS) is 1. The van der Waals surface area contributed by atoms with Gasteiger partial charge in [-0.1, -0.05) is 36.4 Å². The third kappa shape index (κ3) is 4.31. The van der Waals surface area contributed by atoms with E-state index in [1.165, 1.54) is 28.7 Å². The molecule has 0 bridgehead atoms. The Kier molecular flexibility index (Phi) is 6.40. The van der Waals surface area contributed by atoms with E-state index in [0.29, 0.717) is 5.56 Å². The van der Waals surface area contributed by atoms with Crippen molar-refractivity contribution in [3.8, 4) is 0 Å². The molecule has 4 aromatic carbocycles. The van der Waals surface area contributed by atoms with Crippen LogP contribution in [-0.4, -0.2) is 26.1 Å². The molecule has 6 nitrogen and oxygen atoms in total. The molecule has 186 valence electrons. The molecule has 0 unspecified atom stereocenters. The lowest BCUT2D eigenvalue weighted by molar-refractivity contribution is -0.114. The lowest BCUT2D eigenvalue weighted by Crippen LogP contribution is -2.05. The van der Waals surface area contributed by atoms with Gasteiger partial charge in [0, 0.05) is 69.3 Å². The molecule has 0 saturated carbocycles. The summed E-state index contributed by atoms with van der Waals surface area (Å²) in [4.78, 5) is 22.2. The Morgan fingerprint density at radius 1 is 0.676 bits per heavy atom. The highest BCUT2D eigenvalue weighted by atomic mass is 16.4. The standard InChI is InChI=1S/C16H16N2O.C15H13NO2/c1-3-18-15-7-5-4-6-13(15)14-10-12(17-11(2)19)8-9-16(14)18;1-2-16-13-6-4-3-5-11(13)12-9-10(15(17)18)7-8-14(12)16/h4-10H,3H2,1-2H3,(H,17,19);3-9H,2H2,1H3,(H,17,18). The molecular formula is C31H29N3O3. The van der Waals surface area contributed by atoms with Crippen molar-refractivity contribution < 1.29 is 14.7 Å². The average Bonchev–Trinajstić information content (AvgIpc) is 3.40. The molecule has 0 aliphatic heterocycles. The number of fused-ring (bicyclic) bond motifs is 6. The summed E-state index contributed by atoms with van der Waals surface area (Å²) in [7, 11) is 0. The van der Waals surface area contributed by atoms with Crippen molar-refractivity contribution in [2.24, 2.45) is 0 Å². The van der Waals surface area contributed by atoms with E-state index in [-0.39, 0.29) is 5.91 Å². The first-order valence-corrected chi connectivity index (χ1v) is 12.5. The minimum atomic E-state index is -0.884. The molecule has 2 aromatic heterocycles. The number of hydrogen-bond donors (Lipinski definition) is 2. The van der Waals surface area contributed by atoms with Gasteiger partial charge in [-0.25, -0.2) is 4.79 Å². The highest BCUT2D eigenvalue weighted by molar-refractivity contribution is 6.11. The summed E-state index contributed by atoms with van der Waals surface area (Å²) < 4.78 is 4.50. The molecule has 2 heterocycles. The molecule has 6 rings (SSSR count). The van der Waals surface area contributed by atoms with Crippen LogP contribution < -0.4 is 5.32 Å². The van der Waals surface area contributed by atoms with Gasteiger partial charge in [0.25, 0.3) is 0 Å². The molecule has 0 saturated heterocycles. The van der Waals surface area contributed by atoms with Crippen molar-refractivity contribution in [1.29, 1.82) is 0 Å². The quantitative estimate of drug-likeness (QED) is 0.272. The maximum absolute atomic E-state index is 11.2. The number of carbonyl (C=O) groups excluding carboxylic acids is 1. The van der Waals surface area contributed by atoms with Crippen LogP contribution in [0.5, 0.6) is 0 Å². The molecule has 0 spiro atoms. The second-order valence-corrected chi connectivity index (χ2v) is 8.97. The number of anilines is 1. The van der Waals surface area contributed by atoms with Gasteiger partial charge in [0.2, 0.25) is 5.91 Å².